The van der Waals surface area contributed by atoms with E-state index < -0.39 is 0 Å². The first-order chi connectivity index (χ1) is 11.5. The normalized spacial score (nSPS) is 18.2. The van der Waals surface area contributed by atoms with E-state index in [9.17, 15) is 4.79 Å². The van der Waals surface area contributed by atoms with Crippen molar-refractivity contribution in [2.24, 2.45) is 4.99 Å². The monoisotopic (exact) mass is 337 g/mol. The summed E-state index contributed by atoms with van der Waals surface area (Å²) in [6.07, 6.45) is 5.30. The zero-order valence-corrected chi connectivity index (χ0v) is 14.7. The van der Waals surface area contributed by atoms with Crippen LogP contribution in [0.2, 0.25) is 0 Å². The molecular formula is C19H19N3OS. The van der Waals surface area contributed by atoms with Crippen molar-refractivity contribution in [3.05, 3.63) is 64.8 Å². The molecule has 0 N–H and O–H groups in total. The number of pyridine rings is 1. The minimum Gasteiger partial charge on any atom is -0.290 e. The molecule has 2 aromatic rings. The molecule has 1 aliphatic rings. The first-order valence-electron chi connectivity index (χ1n) is 7.81. The lowest BCUT2D eigenvalue weighted by atomic mass is 10.0. The molecule has 0 saturated carbocycles. The Hall–Kier alpha value is -2.40. The van der Waals surface area contributed by atoms with Gasteiger partial charge in [0.25, 0.3) is 5.91 Å². The van der Waals surface area contributed by atoms with Crippen LogP contribution in [0, 0.1) is 0 Å². The van der Waals surface area contributed by atoms with Gasteiger partial charge in [-0.3, -0.25) is 14.7 Å². The fraction of sp³-hybridized carbons (Fsp3) is 0.211. The van der Waals surface area contributed by atoms with E-state index in [1.54, 1.807) is 24.3 Å². The number of amidine groups is 1. The van der Waals surface area contributed by atoms with Crippen molar-refractivity contribution < 1.29 is 4.79 Å². The summed E-state index contributed by atoms with van der Waals surface area (Å²) in [6, 6.07) is 12.0. The minimum absolute atomic E-state index is 0.0319. The Morgan fingerprint density at radius 1 is 1.21 bits per heavy atom. The smallest absolute Gasteiger partial charge is 0.266 e. The molecule has 1 aromatic heterocycles. The van der Waals surface area contributed by atoms with Gasteiger partial charge in [0.1, 0.15) is 0 Å². The van der Waals surface area contributed by atoms with Crippen LogP contribution >= 0.6 is 11.8 Å². The zero-order chi connectivity index (χ0) is 17.1. The van der Waals surface area contributed by atoms with Gasteiger partial charge in [0, 0.05) is 13.2 Å². The van der Waals surface area contributed by atoms with E-state index in [4.69, 9.17) is 0 Å². The highest BCUT2D eigenvalue weighted by Gasteiger charge is 2.30. The topological polar surface area (TPSA) is 45.6 Å². The van der Waals surface area contributed by atoms with Crippen LogP contribution in [0.1, 0.15) is 30.9 Å². The molecule has 0 spiro atoms. The number of thioether (sulfide) groups is 1. The maximum Gasteiger partial charge on any atom is 0.266 e. The van der Waals surface area contributed by atoms with Crippen LogP contribution in [0.3, 0.4) is 0 Å². The van der Waals surface area contributed by atoms with E-state index in [-0.39, 0.29) is 5.91 Å². The number of benzene rings is 1. The van der Waals surface area contributed by atoms with Gasteiger partial charge < -0.3 is 0 Å². The van der Waals surface area contributed by atoms with Crippen molar-refractivity contribution >= 4 is 34.6 Å². The molecule has 2 heterocycles. The summed E-state index contributed by atoms with van der Waals surface area (Å²) in [5.74, 6) is 0.467. The van der Waals surface area contributed by atoms with E-state index in [1.807, 2.05) is 30.3 Å². The maximum atomic E-state index is 12.4. The Bertz CT molecular complexity index is 795. The second-order valence-electron chi connectivity index (χ2n) is 5.90. The predicted octanol–water partition coefficient (Wildman–Crippen LogP) is 4.44. The summed E-state index contributed by atoms with van der Waals surface area (Å²) in [5.41, 5.74) is 3.05. The van der Waals surface area contributed by atoms with Crippen LogP contribution in [0.25, 0.3) is 6.08 Å². The number of amides is 1. The Balaban J connectivity index is 1.84. The first kappa shape index (κ1) is 16.5. The molecule has 24 heavy (non-hydrogen) atoms. The molecule has 0 bridgehead atoms. The Kier molecular flexibility index (Phi) is 4.81. The molecule has 1 amide bonds. The number of nitrogens with zero attached hydrogens (tertiary/aromatic N) is 3. The lowest BCUT2D eigenvalue weighted by Crippen LogP contribution is -2.23. The van der Waals surface area contributed by atoms with Crippen molar-refractivity contribution in [3.63, 3.8) is 0 Å². The number of carbonyl (C=O) groups excluding carboxylic acids is 1. The van der Waals surface area contributed by atoms with Gasteiger partial charge in [-0.25, -0.2) is 4.99 Å². The average Bonchev–Trinajstić information content (AvgIpc) is 2.84. The van der Waals surface area contributed by atoms with Gasteiger partial charge in [0.2, 0.25) is 0 Å². The van der Waals surface area contributed by atoms with Gasteiger partial charge in [-0.05, 0) is 47.0 Å². The second kappa shape index (κ2) is 7.01. The molecule has 122 valence electrons. The van der Waals surface area contributed by atoms with Gasteiger partial charge in [0.05, 0.1) is 16.8 Å². The van der Waals surface area contributed by atoms with Gasteiger partial charge in [-0.15, -0.1) is 0 Å². The lowest BCUT2D eigenvalue weighted by Gasteiger charge is -2.06. The molecule has 0 atom stereocenters. The van der Waals surface area contributed by atoms with Gasteiger partial charge in [-0.1, -0.05) is 38.1 Å². The number of hydrogen-bond acceptors (Lipinski definition) is 4. The lowest BCUT2D eigenvalue weighted by molar-refractivity contribution is -0.121. The third-order valence-electron chi connectivity index (χ3n) is 3.78. The van der Waals surface area contributed by atoms with Crippen molar-refractivity contribution in [1.29, 1.82) is 0 Å². The standard InChI is InChI=1S/C19H19N3OS/c1-13(2)15-8-6-14(7-9-15)11-17-18(23)22(3)19(24-17)21-16-5-4-10-20-12-16/h4-13H,1-3H3/b17-11-,21-19?. The molecule has 1 aromatic carbocycles. The summed E-state index contributed by atoms with van der Waals surface area (Å²) in [6.45, 7) is 4.33. The number of aliphatic imine (C=N–C) groups is 1. The van der Waals surface area contributed by atoms with E-state index in [0.29, 0.717) is 16.0 Å². The quantitative estimate of drug-likeness (QED) is 0.778. The molecule has 1 saturated heterocycles. The average molecular weight is 337 g/mol. The Morgan fingerprint density at radius 2 is 1.96 bits per heavy atom. The van der Waals surface area contributed by atoms with Crippen LogP contribution in [0.15, 0.2) is 58.7 Å². The van der Waals surface area contributed by atoms with Gasteiger partial charge in [-0.2, -0.15) is 0 Å². The SMILES string of the molecule is CC(C)c1ccc(/C=C2\SC(=Nc3cccnc3)N(C)C2=O)cc1. The van der Waals surface area contributed by atoms with E-state index >= 15 is 0 Å². The summed E-state index contributed by atoms with van der Waals surface area (Å²) in [4.78, 5) is 23.2. The maximum absolute atomic E-state index is 12.4. The van der Waals surface area contributed by atoms with Crippen molar-refractivity contribution in [2.75, 3.05) is 7.05 Å². The number of hydrogen-bond donors (Lipinski definition) is 0. The largest absolute Gasteiger partial charge is 0.290 e. The Morgan fingerprint density at radius 3 is 2.58 bits per heavy atom. The second-order valence-corrected chi connectivity index (χ2v) is 6.91. The highest BCUT2D eigenvalue weighted by molar-refractivity contribution is 8.18. The summed E-state index contributed by atoms with van der Waals surface area (Å²) < 4.78 is 0. The fourth-order valence-electron chi connectivity index (χ4n) is 2.31. The molecule has 0 aliphatic carbocycles. The van der Waals surface area contributed by atoms with E-state index in [0.717, 1.165) is 11.3 Å². The van der Waals surface area contributed by atoms with E-state index in [2.05, 4.69) is 36.0 Å². The molecule has 4 nitrogen and oxygen atoms in total. The van der Waals surface area contributed by atoms with Crippen LogP contribution in [-0.4, -0.2) is 28.0 Å². The third-order valence-corrected chi connectivity index (χ3v) is 4.84. The summed E-state index contributed by atoms with van der Waals surface area (Å²) in [7, 11) is 1.74. The highest BCUT2D eigenvalue weighted by Crippen LogP contribution is 2.33. The molecule has 1 aliphatic heterocycles. The number of aromatic nitrogens is 1. The van der Waals surface area contributed by atoms with E-state index in [1.165, 1.54) is 17.3 Å². The fourth-order valence-corrected chi connectivity index (χ4v) is 3.30. The zero-order valence-electron chi connectivity index (χ0n) is 13.9. The Labute approximate surface area is 146 Å². The van der Waals surface area contributed by atoms with Gasteiger partial charge >= 0.3 is 0 Å². The van der Waals surface area contributed by atoms with Crippen molar-refractivity contribution in [3.8, 4) is 0 Å². The predicted molar refractivity (Wildman–Crippen MR) is 100 cm³/mol. The molecule has 1 fully saturated rings. The van der Waals surface area contributed by atoms with Crippen LogP contribution in [0.5, 0.6) is 0 Å². The molecular weight excluding hydrogens is 318 g/mol. The molecule has 0 radical (unpaired) electrons. The van der Waals surface area contributed by atoms with Crippen LogP contribution in [0.4, 0.5) is 5.69 Å². The molecule has 0 unspecified atom stereocenters. The number of likely N-dealkylation sites (N-methyl/N-ethyl adjacent to an activating group) is 1. The van der Waals surface area contributed by atoms with Gasteiger partial charge in [0.15, 0.2) is 5.17 Å². The summed E-state index contributed by atoms with van der Waals surface area (Å²) in [5, 5.41) is 0.665. The first-order valence-corrected chi connectivity index (χ1v) is 8.62. The van der Waals surface area contributed by atoms with Crippen molar-refractivity contribution in [2.45, 2.75) is 19.8 Å². The third kappa shape index (κ3) is 3.57. The molecule has 3 rings (SSSR count). The number of rotatable bonds is 3. The van der Waals surface area contributed by atoms with Crippen LogP contribution < -0.4 is 0 Å². The minimum atomic E-state index is -0.0319. The van der Waals surface area contributed by atoms with Crippen molar-refractivity contribution in [1.82, 2.24) is 9.88 Å². The van der Waals surface area contributed by atoms with Crippen LogP contribution in [-0.2, 0) is 4.79 Å². The molecule has 5 heteroatoms. The highest BCUT2D eigenvalue weighted by atomic mass is 32.2. The number of carbonyl (C=O) groups is 1. The summed E-state index contributed by atoms with van der Waals surface area (Å²) >= 11 is 1.39.